The molecule has 3 rings (SSSR count). The van der Waals surface area contributed by atoms with Gasteiger partial charge < -0.3 is 19.9 Å². The normalized spacial score (nSPS) is 22.6. The molecule has 146 valence electrons. The lowest BCUT2D eigenvalue weighted by molar-refractivity contribution is 0.156. The number of aryl methyl sites for hydroxylation is 1. The van der Waals surface area contributed by atoms with Crippen molar-refractivity contribution in [3.8, 4) is 0 Å². The van der Waals surface area contributed by atoms with Crippen molar-refractivity contribution in [3.05, 3.63) is 29.8 Å². The largest absolute Gasteiger partial charge is 0.381 e. The summed E-state index contributed by atoms with van der Waals surface area (Å²) >= 11 is 0. The number of hydrogen-bond donors (Lipinski definition) is 1. The first-order valence-corrected chi connectivity index (χ1v) is 9.51. The summed E-state index contributed by atoms with van der Waals surface area (Å²) in [4.78, 5) is 9.33. The number of nitrogens with zero attached hydrogens (tertiary/aromatic N) is 3. The molecule has 1 N–H and O–H groups in total. The number of guanidine groups is 1. The van der Waals surface area contributed by atoms with E-state index in [4.69, 9.17) is 4.74 Å². The average Bonchev–Trinajstić information content (AvgIpc) is 3.26. The van der Waals surface area contributed by atoms with Crippen LogP contribution in [-0.2, 0) is 4.74 Å². The minimum absolute atomic E-state index is 0. The van der Waals surface area contributed by atoms with Gasteiger partial charge in [-0.15, -0.1) is 24.0 Å². The van der Waals surface area contributed by atoms with Crippen LogP contribution in [0.4, 0.5) is 5.69 Å². The first-order chi connectivity index (χ1) is 12.2. The summed E-state index contributed by atoms with van der Waals surface area (Å²) in [5.41, 5.74) is 3.02. The number of anilines is 1. The van der Waals surface area contributed by atoms with Crippen LogP contribution in [0.2, 0.25) is 0 Å². The van der Waals surface area contributed by atoms with Crippen LogP contribution in [0.1, 0.15) is 25.3 Å². The van der Waals surface area contributed by atoms with E-state index in [1.54, 1.807) is 0 Å². The lowest BCUT2D eigenvalue weighted by Crippen LogP contribution is -2.44. The molecule has 26 heavy (non-hydrogen) atoms. The lowest BCUT2D eigenvalue weighted by Gasteiger charge is -2.28. The van der Waals surface area contributed by atoms with Crippen molar-refractivity contribution in [1.29, 1.82) is 0 Å². The van der Waals surface area contributed by atoms with Crippen molar-refractivity contribution in [2.75, 3.05) is 57.9 Å². The highest BCUT2D eigenvalue weighted by Crippen LogP contribution is 2.38. The Bertz CT molecular complexity index is 601. The maximum Gasteiger partial charge on any atom is 0.193 e. The van der Waals surface area contributed by atoms with Crippen LogP contribution in [0.15, 0.2) is 29.3 Å². The van der Waals surface area contributed by atoms with Gasteiger partial charge in [-0.1, -0.05) is 18.2 Å². The summed E-state index contributed by atoms with van der Waals surface area (Å²) in [6.07, 6.45) is 2.41. The number of hydrogen-bond acceptors (Lipinski definition) is 3. The van der Waals surface area contributed by atoms with Crippen molar-refractivity contribution in [2.24, 2.45) is 10.4 Å². The maximum absolute atomic E-state index is 5.64. The quantitative estimate of drug-likeness (QED) is 0.406. The van der Waals surface area contributed by atoms with Gasteiger partial charge in [0.2, 0.25) is 0 Å². The Morgan fingerprint density at radius 3 is 2.81 bits per heavy atom. The van der Waals surface area contributed by atoms with Crippen molar-refractivity contribution in [2.45, 2.75) is 26.7 Å². The van der Waals surface area contributed by atoms with E-state index >= 15 is 0 Å². The first kappa shape index (κ1) is 21.3. The Morgan fingerprint density at radius 2 is 2.15 bits per heavy atom. The molecule has 1 aromatic carbocycles. The molecule has 5 nitrogen and oxygen atoms in total. The Hall–Kier alpha value is -1.02. The molecule has 0 aliphatic carbocycles. The van der Waals surface area contributed by atoms with E-state index in [9.17, 15) is 0 Å². The van der Waals surface area contributed by atoms with Gasteiger partial charge in [0.1, 0.15) is 0 Å². The van der Waals surface area contributed by atoms with E-state index in [0.29, 0.717) is 5.41 Å². The van der Waals surface area contributed by atoms with Crippen LogP contribution in [-0.4, -0.2) is 63.8 Å². The Balaban J connectivity index is 0.00000243. The topological polar surface area (TPSA) is 40.1 Å². The number of halogens is 1. The van der Waals surface area contributed by atoms with Gasteiger partial charge in [0.25, 0.3) is 0 Å². The van der Waals surface area contributed by atoms with Crippen LogP contribution in [0, 0.1) is 12.3 Å². The molecular formula is C20H33IN4O. The summed E-state index contributed by atoms with van der Waals surface area (Å²) in [6.45, 7) is 11.3. The molecule has 2 aliphatic heterocycles. The zero-order valence-corrected chi connectivity index (χ0v) is 18.7. The fourth-order valence-electron chi connectivity index (χ4n) is 4.09. The highest BCUT2D eigenvalue weighted by Gasteiger charge is 2.42. The number of ether oxygens (including phenoxy) is 1. The van der Waals surface area contributed by atoms with E-state index in [1.807, 2.05) is 7.05 Å². The average molecular weight is 472 g/mol. The van der Waals surface area contributed by atoms with Gasteiger partial charge in [-0.2, -0.15) is 0 Å². The summed E-state index contributed by atoms with van der Waals surface area (Å²) in [6, 6.07) is 8.60. The van der Waals surface area contributed by atoms with Crippen LogP contribution in [0.25, 0.3) is 0 Å². The molecule has 0 bridgehead atoms. The number of benzene rings is 1. The fraction of sp³-hybridized carbons (Fsp3) is 0.650. The van der Waals surface area contributed by atoms with E-state index in [-0.39, 0.29) is 24.0 Å². The number of likely N-dealkylation sites (tertiary alicyclic amines) is 1. The maximum atomic E-state index is 5.64. The second-order valence-electron chi connectivity index (χ2n) is 7.31. The van der Waals surface area contributed by atoms with Gasteiger partial charge in [-0.05, 0) is 38.3 Å². The Labute approximate surface area is 175 Å². The molecule has 1 unspecified atom stereocenters. The minimum Gasteiger partial charge on any atom is -0.381 e. The summed E-state index contributed by atoms with van der Waals surface area (Å²) in [7, 11) is 1.89. The second-order valence-corrected chi connectivity index (χ2v) is 7.31. The van der Waals surface area contributed by atoms with Gasteiger partial charge in [-0.25, -0.2) is 0 Å². The van der Waals surface area contributed by atoms with Crippen LogP contribution < -0.4 is 10.2 Å². The number of aliphatic imine (C=N–C) groups is 1. The summed E-state index contributed by atoms with van der Waals surface area (Å²) in [5.74, 6) is 1.03. The van der Waals surface area contributed by atoms with Crippen LogP contribution in [0.3, 0.4) is 0 Å². The predicted molar refractivity (Wildman–Crippen MR) is 120 cm³/mol. The van der Waals surface area contributed by atoms with E-state index in [1.165, 1.54) is 24.1 Å². The fourth-order valence-corrected chi connectivity index (χ4v) is 4.09. The highest BCUT2D eigenvalue weighted by molar-refractivity contribution is 14.0. The molecule has 0 amide bonds. The highest BCUT2D eigenvalue weighted by atomic mass is 127. The zero-order chi connectivity index (χ0) is 17.7. The van der Waals surface area contributed by atoms with Crippen molar-refractivity contribution < 1.29 is 4.74 Å². The monoisotopic (exact) mass is 472 g/mol. The first-order valence-electron chi connectivity index (χ1n) is 9.51. The number of para-hydroxylation sites is 1. The smallest absolute Gasteiger partial charge is 0.193 e. The van der Waals surface area contributed by atoms with Crippen molar-refractivity contribution in [1.82, 2.24) is 10.2 Å². The third kappa shape index (κ3) is 4.82. The predicted octanol–water partition coefficient (Wildman–Crippen LogP) is 3.13. The van der Waals surface area contributed by atoms with Gasteiger partial charge in [0.05, 0.1) is 6.61 Å². The molecule has 1 aromatic rings. The number of nitrogens with one attached hydrogen (secondary N) is 1. The number of likely N-dealkylation sites (N-methyl/N-ethyl adjacent to an activating group) is 1. The lowest BCUT2D eigenvalue weighted by atomic mass is 9.87. The molecule has 1 spiro atoms. The van der Waals surface area contributed by atoms with Crippen LogP contribution >= 0.6 is 24.0 Å². The molecule has 2 heterocycles. The van der Waals surface area contributed by atoms with Gasteiger partial charge >= 0.3 is 0 Å². The Morgan fingerprint density at radius 1 is 1.35 bits per heavy atom. The molecule has 0 aromatic heterocycles. The standard InChI is InChI=1S/C20H32N4O.HI/c1-4-23(18-8-6-5-7-17(18)2)13-11-22-19(21-3)24-12-9-20(15-24)10-14-25-16-20;/h5-8H,4,9-16H2,1-3H3,(H,21,22);1H. The summed E-state index contributed by atoms with van der Waals surface area (Å²) in [5, 5.41) is 3.57. The SMILES string of the molecule is CCN(CCNC(=NC)N1CCC2(CCOC2)C1)c1ccccc1C.I. The van der Waals surface area contributed by atoms with E-state index in [2.05, 4.69) is 58.2 Å². The third-order valence-electron chi connectivity index (χ3n) is 5.64. The molecule has 2 saturated heterocycles. The second kappa shape index (κ2) is 9.78. The van der Waals surface area contributed by atoms with Crippen LogP contribution in [0.5, 0.6) is 0 Å². The minimum atomic E-state index is 0. The van der Waals surface area contributed by atoms with Gasteiger partial charge in [0.15, 0.2) is 5.96 Å². The van der Waals surface area contributed by atoms with Gasteiger partial charge in [0, 0.05) is 57.5 Å². The Kier molecular flexibility index (Phi) is 8.01. The molecule has 0 saturated carbocycles. The molecule has 2 aliphatic rings. The van der Waals surface area contributed by atoms with Crippen molar-refractivity contribution in [3.63, 3.8) is 0 Å². The molecule has 1 atom stereocenters. The van der Waals surface area contributed by atoms with E-state index < -0.39 is 0 Å². The molecular weight excluding hydrogens is 439 g/mol. The van der Waals surface area contributed by atoms with E-state index in [0.717, 1.165) is 51.9 Å². The zero-order valence-electron chi connectivity index (χ0n) is 16.3. The molecule has 6 heteroatoms. The third-order valence-corrected chi connectivity index (χ3v) is 5.64. The van der Waals surface area contributed by atoms with Gasteiger partial charge in [-0.3, -0.25) is 4.99 Å². The number of rotatable bonds is 5. The summed E-state index contributed by atoms with van der Waals surface area (Å²) < 4.78 is 5.64. The molecule has 2 fully saturated rings. The van der Waals surface area contributed by atoms with Crippen molar-refractivity contribution >= 4 is 35.6 Å². The molecule has 0 radical (unpaired) electrons.